The predicted octanol–water partition coefficient (Wildman–Crippen LogP) is 7.24. The van der Waals surface area contributed by atoms with Gasteiger partial charge >= 0.3 is 12.1 Å². The lowest BCUT2D eigenvalue weighted by molar-refractivity contribution is -0.144. The van der Waals surface area contributed by atoms with Crippen LogP contribution in [0.5, 0.6) is 11.5 Å². The van der Waals surface area contributed by atoms with Gasteiger partial charge in [0, 0.05) is 24.1 Å². The number of unbranched alkanes of at least 4 members (excludes halogenated alkanes) is 1. The third kappa shape index (κ3) is 11.7. The van der Waals surface area contributed by atoms with Crippen molar-refractivity contribution in [3.8, 4) is 22.6 Å². The molecule has 0 aliphatic heterocycles. The topological polar surface area (TPSA) is 141 Å². The van der Waals surface area contributed by atoms with Crippen LogP contribution in [0.25, 0.3) is 32.7 Å². The normalized spacial score (nSPS) is 12.3. The predicted molar refractivity (Wildman–Crippen MR) is 207 cm³/mol. The molecular weight excluding hydrogens is 674 g/mol. The van der Waals surface area contributed by atoms with E-state index in [0.29, 0.717) is 50.3 Å². The second kappa shape index (κ2) is 19.3. The Hall–Kier alpha value is -5.58. The summed E-state index contributed by atoms with van der Waals surface area (Å²) in [5, 5.41) is 12.3. The Bertz CT molecular complexity index is 1900. The van der Waals surface area contributed by atoms with E-state index in [1.165, 1.54) is 14.0 Å². The molecular formula is C42H51N3O8. The SMILES string of the molecule is C=CCOc1ccc2ccccc2c1-c1c(OCCCC(=O)N[C@H](CCCCNC(=O)OC(C)(C)C)C(=O)NC(C)C(=O)OC)ccc2ccccc12. The Kier molecular flexibility index (Phi) is 14.6. The van der Waals surface area contributed by atoms with Gasteiger partial charge in [-0.15, -0.1) is 0 Å². The molecule has 0 spiro atoms. The molecule has 1 unspecified atom stereocenters. The summed E-state index contributed by atoms with van der Waals surface area (Å²) in [6.07, 6.45) is 3.01. The number of hydrogen-bond donors (Lipinski definition) is 3. The molecule has 11 heteroatoms. The van der Waals surface area contributed by atoms with E-state index in [1.54, 1.807) is 26.8 Å². The smallest absolute Gasteiger partial charge is 0.407 e. The highest BCUT2D eigenvalue weighted by Gasteiger charge is 2.25. The van der Waals surface area contributed by atoms with Crippen LogP contribution >= 0.6 is 0 Å². The first-order chi connectivity index (χ1) is 25.4. The molecule has 0 fully saturated rings. The van der Waals surface area contributed by atoms with Crippen molar-refractivity contribution in [3.63, 3.8) is 0 Å². The summed E-state index contributed by atoms with van der Waals surface area (Å²) in [6, 6.07) is 22.4. The Morgan fingerprint density at radius 3 is 1.98 bits per heavy atom. The number of amides is 3. The number of benzene rings is 4. The van der Waals surface area contributed by atoms with Gasteiger partial charge in [0.2, 0.25) is 11.8 Å². The molecule has 0 aromatic heterocycles. The fourth-order valence-corrected chi connectivity index (χ4v) is 5.89. The molecule has 0 aliphatic carbocycles. The number of carbonyl (C=O) groups is 4. The first-order valence-electron chi connectivity index (χ1n) is 18.0. The largest absolute Gasteiger partial charge is 0.493 e. The van der Waals surface area contributed by atoms with E-state index in [1.807, 2.05) is 48.5 Å². The van der Waals surface area contributed by atoms with Gasteiger partial charge in [-0.2, -0.15) is 0 Å². The van der Waals surface area contributed by atoms with Gasteiger partial charge in [-0.3, -0.25) is 9.59 Å². The van der Waals surface area contributed by atoms with Gasteiger partial charge in [-0.1, -0.05) is 73.3 Å². The summed E-state index contributed by atoms with van der Waals surface area (Å²) in [7, 11) is 1.24. The van der Waals surface area contributed by atoms with Crippen LogP contribution in [0.15, 0.2) is 85.5 Å². The molecule has 4 rings (SSSR count). The van der Waals surface area contributed by atoms with Crippen molar-refractivity contribution in [1.82, 2.24) is 16.0 Å². The van der Waals surface area contributed by atoms with Gasteiger partial charge in [0.15, 0.2) is 0 Å². The molecule has 11 nitrogen and oxygen atoms in total. The lowest BCUT2D eigenvalue weighted by Crippen LogP contribution is -2.51. The Labute approximate surface area is 311 Å². The van der Waals surface area contributed by atoms with E-state index < -0.39 is 35.7 Å². The lowest BCUT2D eigenvalue weighted by atomic mass is 9.92. The number of fused-ring (bicyclic) bond motifs is 2. The minimum absolute atomic E-state index is 0.0986. The zero-order valence-electron chi connectivity index (χ0n) is 31.3. The van der Waals surface area contributed by atoms with Gasteiger partial charge in [-0.05, 0) is 87.1 Å². The first kappa shape index (κ1) is 40.2. The maximum Gasteiger partial charge on any atom is 0.407 e. The Morgan fingerprint density at radius 2 is 1.40 bits per heavy atom. The molecule has 0 bridgehead atoms. The third-order valence-corrected chi connectivity index (χ3v) is 8.35. The standard InChI is InChI=1S/C42H51N3O8/c1-7-26-51-34-23-21-29-15-8-10-17-31(29)37(34)38-32-18-11-9-16-30(32)22-24-35(38)52-27-14-20-36(46)45-33(39(47)44-28(2)40(48)50-6)19-12-13-25-43-41(49)53-42(3,4)5/h7-11,15-18,21-24,28,33H,1,12-14,19-20,25-27H2,2-6H3,(H,43,49)(H,44,47)(H,45,46)/t28?,33-/m1/s1. The van der Waals surface area contributed by atoms with Crippen LogP contribution in [0.2, 0.25) is 0 Å². The quantitative estimate of drug-likeness (QED) is 0.0554. The van der Waals surface area contributed by atoms with E-state index in [9.17, 15) is 19.2 Å². The summed E-state index contributed by atoms with van der Waals surface area (Å²) in [5.74, 6) is -0.0797. The molecule has 4 aromatic rings. The Balaban J connectivity index is 1.45. The van der Waals surface area contributed by atoms with Crippen molar-refractivity contribution >= 4 is 45.4 Å². The summed E-state index contributed by atoms with van der Waals surface area (Å²) >= 11 is 0. The molecule has 4 aromatic carbocycles. The summed E-state index contributed by atoms with van der Waals surface area (Å²) in [5.41, 5.74) is 1.18. The van der Waals surface area contributed by atoms with Crippen LogP contribution in [-0.4, -0.2) is 68.4 Å². The number of esters is 1. The van der Waals surface area contributed by atoms with E-state index in [2.05, 4.69) is 46.8 Å². The minimum atomic E-state index is -0.899. The minimum Gasteiger partial charge on any atom is -0.493 e. The van der Waals surface area contributed by atoms with Crippen molar-refractivity contribution in [2.45, 2.75) is 77.5 Å². The molecule has 0 radical (unpaired) electrons. The van der Waals surface area contributed by atoms with Crippen LogP contribution in [0.3, 0.4) is 0 Å². The maximum atomic E-state index is 13.2. The molecule has 53 heavy (non-hydrogen) atoms. The summed E-state index contributed by atoms with van der Waals surface area (Å²) in [4.78, 5) is 50.3. The average molecular weight is 726 g/mol. The average Bonchev–Trinajstić information content (AvgIpc) is 3.13. The summed E-state index contributed by atoms with van der Waals surface area (Å²) in [6.45, 7) is 11.6. The molecule has 0 saturated carbocycles. The van der Waals surface area contributed by atoms with Gasteiger partial charge in [-0.25, -0.2) is 9.59 Å². The highest BCUT2D eigenvalue weighted by molar-refractivity contribution is 6.09. The molecule has 0 saturated heterocycles. The molecule has 3 N–H and O–H groups in total. The molecule has 282 valence electrons. The lowest BCUT2D eigenvalue weighted by Gasteiger charge is -2.21. The van der Waals surface area contributed by atoms with Crippen LogP contribution in [0.4, 0.5) is 4.79 Å². The van der Waals surface area contributed by atoms with Gasteiger partial charge in [0.1, 0.15) is 35.8 Å². The zero-order chi connectivity index (χ0) is 38.4. The number of ether oxygens (including phenoxy) is 4. The second-order valence-corrected chi connectivity index (χ2v) is 13.7. The second-order valence-electron chi connectivity index (χ2n) is 13.7. The molecule has 2 atom stereocenters. The fraction of sp³-hybridized carbons (Fsp3) is 0.381. The van der Waals surface area contributed by atoms with Crippen LogP contribution in [0, 0.1) is 0 Å². The number of methoxy groups -OCH3 is 1. The highest BCUT2D eigenvalue weighted by Crippen LogP contribution is 2.45. The molecule has 0 heterocycles. The monoisotopic (exact) mass is 725 g/mol. The highest BCUT2D eigenvalue weighted by atomic mass is 16.6. The van der Waals surface area contributed by atoms with Crippen LogP contribution < -0.4 is 25.4 Å². The number of carbonyl (C=O) groups excluding carboxylic acids is 4. The number of rotatable bonds is 18. The van der Waals surface area contributed by atoms with Crippen LogP contribution in [0.1, 0.15) is 59.8 Å². The van der Waals surface area contributed by atoms with Crippen molar-refractivity contribution in [1.29, 1.82) is 0 Å². The van der Waals surface area contributed by atoms with E-state index in [0.717, 1.165) is 32.7 Å². The fourth-order valence-electron chi connectivity index (χ4n) is 5.89. The van der Waals surface area contributed by atoms with Gasteiger partial charge in [0.25, 0.3) is 0 Å². The van der Waals surface area contributed by atoms with Crippen molar-refractivity contribution in [2.75, 3.05) is 26.9 Å². The first-order valence-corrected chi connectivity index (χ1v) is 18.0. The van der Waals surface area contributed by atoms with E-state index in [4.69, 9.17) is 18.9 Å². The van der Waals surface area contributed by atoms with Crippen molar-refractivity contribution in [3.05, 3.63) is 85.5 Å². The molecule has 0 aliphatic rings. The van der Waals surface area contributed by atoms with Crippen molar-refractivity contribution < 1.29 is 38.1 Å². The van der Waals surface area contributed by atoms with E-state index >= 15 is 0 Å². The molecule has 3 amide bonds. The van der Waals surface area contributed by atoms with Crippen LogP contribution in [-0.2, 0) is 23.9 Å². The number of alkyl carbamates (subject to hydrolysis) is 1. The van der Waals surface area contributed by atoms with E-state index in [-0.39, 0.29) is 18.9 Å². The van der Waals surface area contributed by atoms with Crippen molar-refractivity contribution in [2.24, 2.45) is 0 Å². The van der Waals surface area contributed by atoms with Gasteiger partial charge < -0.3 is 34.9 Å². The number of hydrogen-bond acceptors (Lipinski definition) is 8. The summed E-state index contributed by atoms with van der Waals surface area (Å²) < 4.78 is 22.6. The third-order valence-electron chi connectivity index (χ3n) is 8.35. The zero-order valence-corrected chi connectivity index (χ0v) is 31.3. The Morgan fingerprint density at radius 1 is 0.792 bits per heavy atom. The number of nitrogens with one attached hydrogen (secondary N) is 3. The van der Waals surface area contributed by atoms with Gasteiger partial charge in [0.05, 0.1) is 13.7 Å². The maximum absolute atomic E-state index is 13.2.